The molecule has 0 bridgehead atoms. The van der Waals surface area contributed by atoms with E-state index in [1.165, 1.54) is 0 Å². The Bertz CT molecular complexity index is 384. The van der Waals surface area contributed by atoms with Gasteiger partial charge in [0.05, 0.1) is 6.61 Å². The monoisotopic (exact) mass is 318 g/mol. The second-order valence-corrected chi connectivity index (χ2v) is 5.33. The zero-order chi connectivity index (χ0) is 11.1. The zero-order valence-corrected chi connectivity index (χ0v) is 10.4. The highest BCUT2D eigenvalue weighted by Gasteiger charge is 2.39. The van der Waals surface area contributed by atoms with Gasteiger partial charge in [-0.1, -0.05) is 18.2 Å². The van der Waals surface area contributed by atoms with Crippen molar-refractivity contribution < 1.29 is 31.0 Å². The molecule has 0 amide bonds. The summed E-state index contributed by atoms with van der Waals surface area (Å²) in [6.45, 7) is 2.11. The molecule has 0 atom stereocenters. The molecule has 15 heavy (non-hydrogen) atoms. The minimum atomic E-state index is -0.704. The van der Waals surface area contributed by atoms with E-state index in [2.05, 4.69) is 4.98 Å². The predicted molar refractivity (Wildman–Crippen MR) is 51.5 cm³/mol. The van der Waals surface area contributed by atoms with Crippen LogP contribution in [0.2, 0.25) is 0 Å². The molecule has 78 valence electrons. The fourth-order valence-electron chi connectivity index (χ4n) is 0.879. The fourth-order valence-corrected chi connectivity index (χ4v) is 2.74. The van der Waals surface area contributed by atoms with Gasteiger partial charge in [0.15, 0.2) is 0 Å². The summed E-state index contributed by atoms with van der Waals surface area (Å²) in [5.41, 5.74) is 0. The van der Waals surface area contributed by atoms with Gasteiger partial charge in [0, 0.05) is 0 Å². The maximum absolute atomic E-state index is 9.40. The molecular weight excluding hydrogens is 307 g/mol. The van der Waals surface area contributed by atoms with E-state index in [0.717, 1.165) is 3.57 Å². The standard InChI is InChI=1S/C10H10IN2O2/c1-2-15-10(14)9(13-12)11-8-6-4-3-5-7-8/h3-7H,2H2,1H3/q+1/p+1/b10-9-. The molecule has 0 aromatic heterocycles. The van der Waals surface area contributed by atoms with Crippen LogP contribution in [0, 0.1) is 8.96 Å². The SMILES string of the molecule is CCO/C(O)=C(\[N+]#N)[I+]c1ccccc1. The van der Waals surface area contributed by atoms with E-state index in [1.54, 1.807) is 6.92 Å². The third-order valence-corrected chi connectivity index (χ3v) is 4.01. The highest BCUT2D eigenvalue weighted by molar-refractivity contribution is 5.03. The van der Waals surface area contributed by atoms with Crippen LogP contribution < -0.4 is 21.2 Å². The highest BCUT2D eigenvalue weighted by atomic mass is 127. The number of ether oxygens (including phenoxy) is 1. The first-order chi connectivity index (χ1) is 7.27. The molecule has 0 heterocycles. The van der Waals surface area contributed by atoms with Gasteiger partial charge in [-0.05, 0) is 19.1 Å². The van der Waals surface area contributed by atoms with Crippen molar-refractivity contribution in [1.29, 1.82) is 5.39 Å². The number of aliphatic hydroxyl groups is 1. The summed E-state index contributed by atoms with van der Waals surface area (Å²) >= 11 is -0.704. The van der Waals surface area contributed by atoms with Crippen LogP contribution in [0.25, 0.3) is 4.98 Å². The molecule has 0 radical (unpaired) electrons. The van der Waals surface area contributed by atoms with Crippen LogP contribution in [0.4, 0.5) is 0 Å². The van der Waals surface area contributed by atoms with Gasteiger partial charge < -0.3 is 9.84 Å². The molecule has 1 N–H and O–H groups in total. The summed E-state index contributed by atoms with van der Waals surface area (Å²) in [6.07, 6.45) is 0. The van der Waals surface area contributed by atoms with Crippen molar-refractivity contribution in [3.05, 3.63) is 48.5 Å². The molecule has 1 rings (SSSR count). The van der Waals surface area contributed by atoms with Crippen molar-refractivity contribution in [2.24, 2.45) is 0 Å². The van der Waals surface area contributed by atoms with E-state index in [4.69, 9.17) is 10.1 Å². The van der Waals surface area contributed by atoms with Crippen LogP contribution in [-0.4, -0.2) is 11.7 Å². The lowest BCUT2D eigenvalue weighted by Gasteiger charge is -1.91. The molecule has 0 saturated carbocycles. The number of halogens is 1. The van der Waals surface area contributed by atoms with E-state index in [0.29, 0.717) is 6.61 Å². The van der Waals surface area contributed by atoms with Gasteiger partial charge in [0.1, 0.15) is 0 Å². The molecule has 1 aromatic carbocycles. The largest absolute Gasteiger partial charge is 0.665 e. The van der Waals surface area contributed by atoms with Crippen LogP contribution in [-0.2, 0) is 4.74 Å². The first-order valence-corrected chi connectivity index (χ1v) is 6.54. The Kier molecular flexibility index (Phi) is 4.90. The Morgan fingerprint density at radius 2 is 2.13 bits per heavy atom. The smallest absolute Gasteiger partial charge is 0.472 e. The molecule has 4 nitrogen and oxygen atoms in total. The van der Waals surface area contributed by atoms with Crippen molar-refractivity contribution in [1.82, 2.24) is 0 Å². The Morgan fingerprint density at radius 1 is 1.47 bits per heavy atom. The van der Waals surface area contributed by atoms with Crippen molar-refractivity contribution in [2.45, 2.75) is 6.92 Å². The Labute approximate surface area is 98.5 Å². The molecule has 0 unspecified atom stereocenters. The van der Waals surface area contributed by atoms with Crippen molar-refractivity contribution in [3.63, 3.8) is 0 Å². The molecule has 0 aliphatic heterocycles. The number of hydrogen-bond donors (Lipinski definition) is 1. The minimum Gasteiger partial charge on any atom is -0.472 e. The maximum atomic E-state index is 9.40. The van der Waals surface area contributed by atoms with Crippen molar-refractivity contribution in [3.8, 4) is 0 Å². The number of rotatable bonds is 4. The summed E-state index contributed by atoms with van der Waals surface area (Å²) in [5.74, 6) is -0.281. The molecule has 5 heteroatoms. The van der Waals surface area contributed by atoms with Gasteiger partial charge in [0.2, 0.25) is 13.9 Å². The second-order valence-electron chi connectivity index (χ2n) is 2.52. The van der Waals surface area contributed by atoms with Crippen LogP contribution in [0.1, 0.15) is 6.92 Å². The lowest BCUT2D eigenvalue weighted by molar-refractivity contribution is -0.576. The van der Waals surface area contributed by atoms with Crippen molar-refractivity contribution in [2.75, 3.05) is 6.61 Å². The van der Waals surface area contributed by atoms with Crippen LogP contribution in [0.15, 0.2) is 40.0 Å². The Morgan fingerprint density at radius 3 is 2.67 bits per heavy atom. The first-order valence-electron chi connectivity index (χ1n) is 4.39. The summed E-state index contributed by atoms with van der Waals surface area (Å²) in [7, 11) is 0. The van der Waals surface area contributed by atoms with Gasteiger partial charge >= 0.3 is 30.9 Å². The normalized spacial score (nSPS) is 11.5. The number of aliphatic hydroxyl groups excluding tert-OH is 1. The lowest BCUT2D eigenvalue weighted by Crippen LogP contribution is -3.60. The number of diazo groups is 1. The molecule has 0 aliphatic carbocycles. The molecule has 1 aromatic rings. The predicted octanol–water partition coefficient (Wildman–Crippen LogP) is -0.481. The maximum Gasteiger partial charge on any atom is 0.665 e. The fraction of sp³-hybridized carbons (Fsp3) is 0.200. The second kappa shape index (κ2) is 6.24. The third-order valence-electron chi connectivity index (χ3n) is 1.48. The average molecular weight is 318 g/mol. The summed E-state index contributed by atoms with van der Waals surface area (Å²) in [6, 6.07) is 9.58. The summed E-state index contributed by atoms with van der Waals surface area (Å²) < 4.78 is 6.17. The van der Waals surface area contributed by atoms with Gasteiger partial charge in [-0.25, -0.2) is 0 Å². The van der Waals surface area contributed by atoms with E-state index < -0.39 is 21.2 Å². The van der Waals surface area contributed by atoms with Crippen molar-refractivity contribution >= 4 is 0 Å². The van der Waals surface area contributed by atoms with Crippen LogP contribution >= 0.6 is 0 Å². The molecule has 0 saturated heterocycles. The summed E-state index contributed by atoms with van der Waals surface area (Å²) in [5, 5.41) is 18.1. The van der Waals surface area contributed by atoms with E-state index in [-0.39, 0.29) is 9.65 Å². The van der Waals surface area contributed by atoms with Gasteiger partial charge in [-0.15, -0.1) is 0 Å². The van der Waals surface area contributed by atoms with Gasteiger partial charge in [-0.3, -0.25) is 0 Å². The lowest BCUT2D eigenvalue weighted by atomic mass is 10.4. The summed E-state index contributed by atoms with van der Waals surface area (Å²) in [4.78, 5) is 3.06. The Hall–Kier alpha value is -1.29. The van der Waals surface area contributed by atoms with E-state index in [9.17, 15) is 5.11 Å². The zero-order valence-electron chi connectivity index (χ0n) is 8.22. The van der Waals surface area contributed by atoms with Gasteiger partial charge in [-0.2, -0.15) is 0 Å². The van der Waals surface area contributed by atoms with E-state index in [1.807, 2.05) is 30.3 Å². The number of nitrogens with zero attached hydrogens (tertiary/aromatic N) is 2. The molecular formula is C10H11IN2O2+2. The van der Waals surface area contributed by atoms with Crippen LogP contribution in [0.5, 0.6) is 0 Å². The van der Waals surface area contributed by atoms with Gasteiger partial charge in [0.25, 0.3) is 0 Å². The van der Waals surface area contributed by atoms with E-state index >= 15 is 0 Å². The average Bonchev–Trinajstić information content (AvgIpc) is 2.27. The van der Waals surface area contributed by atoms with Crippen LogP contribution in [0.3, 0.4) is 0 Å². The number of hydrogen-bond acceptors (Lipinski definition) is 3. The highest BCUT2D eigenvalue weighted by Crippen LogP contribution is 1.94. The number of benzene rings is 1. The first kappa shape index (κ1) is 11.8. The molecule has 0 spiro atoms. The topological polar surface area (TPSA) is 57.6 Å². The third kappa shape index (κ3) is 3.75. The molecule has 0 fully saturated rings. The Balaban J connectivity index is 2.79. The minimum absolute atomic E-state index is 0.238. The quantitative estimate of drug-likeness (QED) is 0.353. The molecule has 0 aliphatic rings.